The Balaban J connectivity index is 1.69. The molecular weight excluding hydrogens is 530 g/mol. The Bertz CT molecular complexity index is 1660. The van der Waals surface area contributed by atoms with Gasteiger partial charge in [-0.3, -0.25) is 9.69 Å². The number of benzene rings is 3. The average Bonchev–Trinajstić information content (AvgIpc) is 2.90. The minimum absolute atomic E-state index is 0.0459. The molecule has 5 nitrogen and oxygen atoms in total. The topological polar surface area (TPSA) is 79.3 Å². The first-order chi connectivity index (χ1) is 19.4. The third kappa shape index (κ3) is 5.25. The van der Waals surface area contributed by atoms with Gasteiger partial charge in [-0.05, 0) is 86.1 Å². The Hall–Kier alpha value is -4.01. The fourth-order valence-electron chi connectivity index (χ4n) is 6.14. The van der Waals surface area contributed by atoms with E-state index >= 15 is 0 Å². The zero-order valence-corrected chi connectivity index (χ0v) is 25.3. The molecule has 1 aliphatic heterocycles. The summed E-state index contributed by atoms with van der Waals surface area (Å²) in [6.07, 6.45) is 1.04. The van der Waals surface area contributed by atoms with E-state index in [-0.39, 0.29) is 11.2 Å². The summed E-state index contributed by atoms with van der Waals surface area (Å²) in [7, 11) is 0. The van der Waals surface area contributed by atoms with E-state index in [9.17, 15) is 10.1 Å². The van der Waals surface area contributed by atoms with Crippen molar-refractivity contribution >= 4 is 23.1 Å². The maximum atomic E-state index is 14.0. The van der Waals surface area contributed by atoms with E-state index in [4.69, 9.17) is 22.1 Å². The highest BCUT2D eigenvalue weighted by molar-refractivity contribution is 6.31. The van der Waals surface area contributed by atoms with Gasteiger partial charge in [-0.1, -0.05) is 66.9 Å². The van der Waals surface area contributed by atoms with Crippen molar-refractivity contribution in [2.75, 3.05) is 4.90 Å². The molecule has 1 heterocycles. The zero-order valence-electron chi connectivity index (χ0n) is 24.6. The number of nitriles is 1. The zero-order chi connectivity index (χ0) is 29.6. The van der Waals surface area contributed by atoms with Gasteiger partial charge in [0.25, 0.3) is 0 Å². The number of anilines is 1. The predicted octanol–water partition coefficient (Wildman–Crippen LogP) is 8.09. The fourth-order valence-corrected chi connectivity index (χ4v) is 6.31. The van der Waals surface area contributed by atoms with Crippen molar-refractivity contribution in [3.8, 4) is 11.8 Å². The monoisotopic (exact) mass is 565 g/mol. The molecule has 0 bridgehead atoms. The van der Waals surface area contributed by atoms with Crippen molar-refractivity contribution in [1.29, 1.82) is 5.26 Å². The van der Waals surface area contributed by atoms with Gasteiger partial charge in [-0.25, -0.2) is 0 Å². The highest BCUT2D eigenvalue weighted by atomic mass is 35.5. The number of ketones is 1. The lowest BCUT2D eigenvalue weighted by molar-refractivity contribution is -0.118. The summed E-state index contributed by atoms with van der Waals surface area (Å²) in [4.78, 5) is 15.9. The molecular formula is C35H36ClN3O2. The molecule has 3 aromatic carbocycles. The van der Waals surface area contributed by atoms with Crippen LogP contribution in [-0.4, -0.2) is 5.78 Å². The standard InChI is InChI=1S/C35H36ClN3O2/c1-20-10-12-25(13-11-20)41-19-24-14-21(2)15-26(22(24)3)32-27(18-37)34(38)39(29-9-7-8-28(36)23(29)4)30-16-35(5,6)17-31(40)33(30)32/h7-15,32H,16-17,19,38H2,1-6H3. The van der Waals surface area contributed by atoms with Gasteiger partial charge in [0.05, 0.1) is 23.2 Å². The molecule has 5 rings (SSSR count). The Kier molecular flexibility index (Phi) is 7.48. The van der Waals surface area contributed by atoms with Gasteiger partial charge in [-0.2, -0.15) is 5.26 Å². The van der Waals surface area contributed by atoms with Crippen LogP contribution in [-0.2, 0) is 11.4 Å². The van der Waals surface area contributed by atoms with E-state index in [0.29, 0.717) is 41.4 Å². The maximum Gasteiger partial charge on any atom is 0.162 e. The largest absolute Gasteiger partial charge is 0.489 e. The molecule has 0 spiro atoms. The second-order valence-electron chi connectivity index (χ2n) is 12.1. The van der Waals surface area contributed by atoms with Crippen LogP contribution in [0.3, 0.4) is 0 Å². The van der Waals surface area contributed by atoms with Crippen molar-refractivity contribution in [2.45, 2.75) is 66.9 Å². The molecule has 2 N–H and O–H groups in total. The Morgan fingerprint density at radius 3 is 2.41 bits per heavy atom. The van der Waals surface area contributed by atoms with E-state index in [1.807, 2.05) is 75.1 Å². The van der Waals surface area contributed by atoms with Gasteiger partial charge in [0.2, 0.25) is 0 Å². The first-order valence-electron chi connectivity index (χ1n) is 13.9. The van der Waals surface area contributed by atoms with Crippen LogP contribution in [0.15, 0.2) is 77.3 Å². The molecule has 0 saturated carbocycles. The number of Topliss-reactive ketones (excluding diaryl/α,β-unsaturated/α-hetero) is 1. The number of carbonyl (C=O) groups is 1. The Morgan fingerprint density at radius 1 is 1.02 bits per heavy atom. The van der Waals surface area contributed by atoms with Crippen molar-refractivity contribution in [3.63, 3.8) is 0 Å². The average molecular weight is 566 g/mol. The highest BCUT2D eigenvalue weighted by Crippen LogP contribution is 2.51. The van der Waals surface area contributed by atoms with Gasteiger partial charge >= 0.3 is 0 Å². The minimum Gasteiger partial charge on any atom is -0.489 e. The summed E-state index contributed by atoms with van der Waals surface area (Å²) < 4.78 is 6.15. The normalized spacial score (nSPS) is 18.3. The number of nitrogens with two attached hydrogens (primary N) is 1. The van der Waals surface area contributed by atoms with Crippen LogP contribution < -0.4 is 15.4 Å². The van der Waals surface area contributed by atoms with Crippen LogP contribution in [0.1, 0.15) is 66.0 Å². The molecule has 0 fully saturated rings. The number of nitrogens with zero attached hydrogens (tertiary/aromatic N) is 2. The molecule has 0 radical (unpaired) electrons. The minimum atomic E-state index is -0.563. The van der Waals surface area contributed by atoms with E-state index in [1.165, 1.54) is 5.56 Å². The molecule has 41 heavy (non-hydrogen) atoms. The molecule has 210 valence electrons. The maximum absolute atomic E-state index is 14.0. The van der Waals surface area contributed by atoms with E-state index in [2.05, 4.69) is 32.0 Å². The second-order valence-corrected chi connectivity index (χ2v) is 12.5. The summed E-state index contributed by atoms with van der Waals surface area (Å²) in [6, 6.07) is 20.2. The van der Waals surface area contributed by atoms with Crippen LogP contribution in [0.25, 0.3) is 0 Å². The Labute approximate surface area is 247 Å². The van der Waals surface area contributed by atoms with Crippen LogP contribution in [0.4, 0.5) is 5.69 Å². The lowest BCUT2D eigenvalue weighted by Crippen LogP contribution is -2.42. The van der Waals surface area contributed by atoms with Crippen LogP contribution >= 0.6 is 11.6 Å². The third-order valence-corrected chi connectivity index (χ3v) is 8.70. The number of hydrogen-bond acceptors (Lipinski definition) is 5. The summed E-state index contributed by atoms with van der Waals surface area (Å²) in [5, 5.41) is 11.2. The number of halogens is 1. The van der Waals surface area contributed by atoms with Crippen LogP contribution in [0.5, 0.6) is 5.75 Å². The molecule has 0 amide bonds. The number of hydrogen-bond donors (Lipinski definition) is 1. The van der Waals surface area contributed by atoms with Crippen molar-refractivity contribution in [1.82, 2.24) is 0 Å². The van der Waals surface area contributed by atoms with Crippen molar-refractivity contribution in [3.05, 3.63) is 116 Å². The van der Waals surface area contributed by atoms with E-state index in [0.717, 1.165) is 45.0 Å². The quantitative estimate of drug-likeness (QED) is 0.338. The van der Waals surface area contributed by atoms with E-state index < -0.39 is 5.92 Å². The molecule has 1 unspecified atom stereocenters. The first kappa shape index (κ1) is 28.5. The third-order valence-electron chi connectivity index (χ3n) is 8.29. The highest BCUT2D eigenvalue weighted by Gasteiger charge is 2.45. The van der Waals surface area contributed by atoms with Crippen molar-refractivity contribution in [2.24, 2.45) is 11.1 Å². The lowest BCUT2D eigenvalue weighted by Gasteiger charge is -2.44. The van der Waals surface area contributed by atoms with Gasteiger partial charge < -0.3 is 10.5 Å². The molecule has 0 aromatic heterocycles. The van der Waals surface area contributed by atoms with E-state index in [1.54, 1.807) is 0 Å². The van der Waals surface area contributed by atoms with Crippen LogP contribution in [0, 0.1) is 44.4 Å². The first-order valence-corrected chi connectivity index (χ1v) is 14.3. The number of aryl methyl sites for hydroxylation is 2. The molecule has 2 aliphatic rings. The fraction of sp³-hybridized carbons (Fsp3) is 0.314. The predicted molar refractivity (Wildman–Crippen MR) is 165 cm³/mol. The number of ether oxygens (including phenoxy) is 1. The summed E-state index contributed by atoms with van der Waals surface area (Å²) >= 11 is 6.53. The van der Waals surface area contributed by atoms with Crippen LogP contribution in [0.2, 0.25) is 5.02 Å². The van der Waals surface area contributed by atoms with Gasteiger partial charge in [0, 0.05) is 22.7 Å². The summed E-state index contributed by atoms with van der Waals surface area (Å²) in [5.41, 5.74) is 15.2. The second kappa shape index (κ2) is 10.8. The molecule has 1 atom stereocenters. The number of rotatable bonds is 5. The van der Waals surface area contributed by atoms with Crippen molar-refractivity contribution < 1.29 is 9.53 Å². The SMILES string of the molecule is Cc1ccc(OCc2cc(C)cc(C3C(C#N)=C(N)N(c4cccc(Cl)c4C)C4=C3C(=O)CC(C)(C)C4)c2C)cc1. The lowest BCUT2D eigenvalue weighted by atomic mass is 9.67. The van der Waals surface area contributed by atoms with Gasteiger partial charge in [0.15, 0.2) is 5.78 Å². The molecule has 3 aromatic rings. The Morgan fingerprint density at radius 2 is 1.73 bits per heavy atom. The summed E-state index contributed by atoms with van der Waals surface area (Å²) in [6.45, 7) is 12.6. The van der Waals surface area contributed by atoms with Gasteiger partial charge in [-0.15, -0.1) is 0 Å². The molecule has 1 aliphatic carbocycles. The number of allylic oxidation sites excluding steroid dienone is 3. The molecule has 0 saturated heterocycles. The summed E-state index contributed by atoms with van der Waals surface area (Å²) in [5.74, 6) is 0.613. The smallest absolute Gasteiger partial charge is 0.162 e. The number of carbonyl (C=O) groups excluding carboxylic acids is 1. The van der Waals surface area contributed by atoms with Gasteiger partial charge in [0.1, 0.15) is 18.2 Å². The molecule has 6 heteroatoms.